The van der Waals surface area contributed by atoms with Crippen LogP contribution in [0.15, 0.2) is 54.7 Å². The lowest BCUT2D eigenvalue weighted by Gasteiger charge is -2.28. The normalized spacial score (nSPS) is 14.5. The smallest absolute Gasteiger partial charge is 0.270 e. The van der Waals surface area contributed by atoms with Gasteiger partial charge in [-0.2, -0.15) is 0 Å². The Labute approximate surface area is 264 Å². The molecule has 0 fully saturated rings. The first kappa shape index (κ1) is 36.8. The van der Waals surface area contributed by atoms with E-state index in [2.05, 4.69) is 26.3 Å². The van der Waals surface area contributed by atoms with E-state index in [0.29, 0.717) is 6.42 Å². The molecule has 246 valence electrons. The van der Waals surface area contributed by atoms with Crippen LogP contribution >= 0.6 is 0 Å². The Balaban J connectivity index is 2.10. The van der Waals surface area contributed by atoms with E-state index in [4.69, 9.17) is 10.5 Å². The molecule has 0 bridgehead atoms. The van der Waals surface area contributed by atoms with Gasteiger partial charge in [0.15, 0.2) is 0 Å². The second-order valence-corrected chi connectivity index (χ2v) is 11.7. The molecule has 0 spiro atoms. The molecule has 0 aliphatic heterocycles. The molecule has 5 atom stereocenters. The highest BCUT2D eigenvalue weighted by molar-refractivity contribution is 5.96. The Kier molecular flexibility index (Phi) is 15.1. The zero-order chi connectivity index (χ0) is 33.5. The Bertz CT molecular complexity index is 1260. The van der Waals surface area contributed by atoms with Gasteiger partial charge in [0.25, 0.3) is 5.91 Å². The summed E-state index contributed by atoms with van der Waals surface area (Å²) in [5, 5.41) is 21.5. The molecule has 45 heavy (non-hydrogen) atoms. The minimum Gasteiger partial charge on any atom is -0.390 e. The molecule has 13 nitrogen and oxygen atoms in total. The summed E-state index contributed by atoms with van der Waals surface area (Å²) in [6, 6.07) is 10.2. The number of aliphatic hydroxyl groups is 1. The summed E-state index contributed by atoms with van der Waals surface area (Å²) < 4.78 is 5.78. The fraction of sp³-hybridized carbons (Fsp3) is 0.500. The molecule has 0 saturated heterocycles. The van der Waals surface area contributed by atoms with E-state index in [0.717, 1.165) is 5.56 Å². The first-order chi connectivity index (χ1) is 21.3. The number of ether oxygens (including phenoxy) is 1. The van der Waals surface area contributed by atoms with Gasteiger partial charge in [-0.25, -0.2) is 0 Å². The topological polar surface area (TPSA) is 202 Å². The van der Waals surface area contributed by atoms with Gasteiger partial charge < -0.3 is 36.8 Å². The molecule has 5 amide bonds. The molecule has 1 aromatic carbocycles. The summed E-state index contributed by atoms with van der Waals surface area (Å²) in [5.74, 6) is -3.33. The molecule has 1 aromatic heterocycles. The molecule has 0 aliphatic rings. The number of carbonyl (C=O) groups excluding carboxylic acids is 5. The quantitative estimate of drug-likeness (QED) is 0.139. The maximum absolute atomic E-state index is 13.4. The van der Waals surface area contributed by atoms with Gasteiger partial charge in [0.2, 0.25) is 23.6 Å². The molecule has 0 unspecified atom stereocenters. The zero-order valence-corrected chi connectivity index (χ0v) is 26.5. The second-order valence-electron chi connectivity index (χ2n) is 11.7. The van der Waals surface area contributed by atoms with E-state index in [-0.39, 0.29) is 30.7 Å². The molecular weight excluding hydrogens is 580 g/mol. The number of aromatic nitrogens is 1. The van der Waals surface area contributed by atoms with Crippen LogP contribution in [0.4, 0.5) is 0 Å². The Morgan fingerprint density at radius 2 is 1.53 bits per heavy atom. The third kappa shape index (κ3) is 13.0. The Morgan fingerprint density at radius 1 is 0.867 bits per heavy atom. The first-order valence-electron chi connectivity index (χ1n) is 15.0. The fourth-order valence-electron chi connectivity index (χ4n) is 4.36. The summed E-state index contributed by atoms with van der Waals surface area (Å²) in [5.41, 5.74) is 6.40. The average molecular weight is 627 g/mol. The number of hydrogen-bond acceptors (Lipinski definition) is 8. The standard InChI is InChI=1S/C32H46N6O7/c1-19(2)15-24(29(33)41)36-30(42)21(5)35-27(40)16-26(39)25(18-45-17-22-11-7-6-8-12-22)37-32(44)28(20(3)4)38-31(43)23-13-9-10-14-34-23/h6-14,19-21,24-26,28,39H,15-18H2,1-5H3,(H2,33,41)(H,35,40)(H,36,42)(H,37,44)(H,38,43)/t21-,24-,25-,26-,28-/m0/s1. The van der Waals surface area contributed by atoms with Crippen LogP contribution in [-0.4, -0.2) is 76.5 Å². The van der Waals surface area contributed by atoms with Gasteiger partial charge in [0, 0.05) is 6.20 Å². The predicted octanol–water partition coefficient (Wildman–Crippen LogP) is 0.810. The zero-order valence-electron chi connectivity index (χ0n) is 26.5. The Hall–Kier alpha value is -4.36. The van der Waals surface area contributed by atoms with Crippen molar-refractivity contribution in [2.24, 2.45) is 17.6 Å². The number of nitrogens with zero attached hydrogens (tertiary/aromatic N) is 1. The predicted molar refractivity (Wildman–Crippen MR) is 167 cm³/mol. The minimum atomic E-state index is -1.42. The van der Waals surface area contributed by atoms with Crippen LogP contribution in [0.1, 0.15) is 63.5 Å². The van der Waals surface area contributed by atoms with Gasteiger partial charge in [-0.1, -0.05) is 64.1 Å². The van der Waals surface area contributed by atoms with Crippen molar-refractivity contribution in [1.29, 1.82) is 0 Å². The van der Waals surface area contributed by atoms with Crippen LogP contribution < -0.4 is 27.0 Å². The maximum Gasteiger partial charge on any atom is 0.270 e. The summed E-state index contributed by atoms with van der Waals surface area (Å²) >= 11 is 0. The number of benzene rings is 1. The number of nitrogens with one attached hydrogen (secondary N) is 4. The number of pyridine rings is 1. The van der Waals surface area contributed by atoms with Gasteiger partial charge in [-0.3, -0.25) is 29.0 Å². The number of primary amides is 1. The van der Waals surface area contributed by atoms with Crippen molar-refractivity contribution in [3.8, 4) is 0 Å². The van der Waals surface area contributed by atoms with E-state index in [1.807, 2.05) is 44.2 Å². The highest BCUT2D eigenvalue weighted by Crippen LogP contribution is 2.10. The van der Waals surface area contributed by atoms with Crippen LogP contribution in [0.25, 0.3) is 0 Å². The lowest BCUT2D eigenvalue weighted by Crippen LogP contribution is -2.56. The molecular formula is C32H46N6O7. The minimum absolute atomic E-state index is 0.0951. The van der Waals surface area contributed by atoms with E-state index >= 15 is 0 Å². The van der Waals surface area contributed by atoms with Crippen LogP contribution in [0.2, 0.25) is 0 Å². The van der Waals surface area contributed by atoms with Crippen molar-refractivity contribution in [2.75, 3.05) is 6.61 Å². The molecule has 0 aliphatic carbocycles. The van der Waals surface area contributed by atoms with E-state index in [1.54, 1.807) is 26.0 Å². The van der Waals surface area contributed by atoms with Crippen LogP contribution in [0.3, 0.4) is 0 Å². The van der Waals surface area contributed by atoms with Crippen molar-refractivity contribution in [2.45, 2.75) is 84.3 Å². The molecule has 1 heterocycles. The van der Waals surface area contributed by atoms with Crippen molar-refractivity contribution in [3.05, 3.63) is 66.0 Å². The van der Waals surface area contributed by atoms with Crippen molar-refractivity contribution in [1.82, 2.24) is 26.3 Å². The molecule has 0 radical (unpaired) electrons. The van der Waals surface area contributed by atoms with Crippen molar-refractivity contribution < 1.29 is 33.8 Å². The lowest BCUT2D eigenvalue weighted by molar-refractivity contribution is -0.132. The van der Waals surface area contributed by atoms with Gasteiger partial charge in [-0.05, 0) is 42.9 Å². The first-order valence-corrected chi connectivity index (χ1v) is 15.0. The van der Waals surface area contributed by atoms with Crippen molar-refractivity contribution in [3.63, 3.8) is 0 Å². The summed E-state index contributed by atoms with van der Waals surface area (Å²) in [6.45, 7) is 8.74. The van der Waals surface area contributed by atoms with Crippen molar-refractivity contribution >= 4 is 29.5 Å². The van der Waals surface area contributed by atoms with E-state index < -0.39 is 66.2 Å². The average Bonchev–Trinajstić information content (AvgIpc) is 2.99. The monoisotopic (exact) mass is 626 g/mol. The maximum atomic E-state index is 13.4. The SMILES string of the molecule is CC(C)C[C@H](NC(=O)[C@H](C)NC(=O)C[C@H](O)[C@H](COCc1ccccc1)NC(=O)[C@@H](NC(=O)c1ccccn1)C(C)C)C(N)=O. The van der Waals surface area contributed by atoms with E-state index in [9.17, 15) is 29.1 Å². The van der Waals surface area contributed by atoms with E-state index in [1.165, 1.54) is 19.2 Å². The lowest BCUT2D eigenvalue weighted by atomic mass is 10.0. The van der Waals surface area contributed by atoms with Gasteiger partial charge in [0.05, 0.1) is 31.8 Å². The van der Waals surface area contributed by atoms with Gasteiger partial charge >= 0.3 is 0 Å². The highest BCUT2D eigenvalue weighted by atomic mass is 16.5. The van der Waals surface area contributed by atoms with Gasteiger partial charge in [-0.15, -0.1) is 0 Å². The van der Waals surface area contributed by atoms with Crippen LogP contribution in [0, 0.1) is 11.8 Å². The molecule has 2 rings (SSSR count). The Morgan fingerprint density at radius 3 is 2.11 bits per heavy atom. The molecule has 7 N–H and O–H groups in total. The van der Waals surface area contributed by atoms with Crippen LogP contribution in [0.5, 0.6) is 0 Å². The largest absolute Gasteiger partial charge is 0.390 e. The number of rotatable bonds is 18. The molecule has 2 aromatic rings. The summed E-state index contributed by atoms with van der Waals surface area (Å²) in [6.07, 6.45) is -0.0918. The third-order valence-electron chi connectivity index (χ3n) is 6.87. The number of hydrogen-bond donors (Lipinski definition) is 6. The fourth-order valence-corrected chi connectivity index (χ4v) is 4.36. The van der Waals surface area contributed by atoms with Crippen LogP contribution in [-0.2, 0) is 30.5 Å². The summed E-state index contributed by atoms with van der Waals surface area (Å²) in [4.78, 5) is 67.3. The van der Waals surface area contributed by atoms with Gasteiger partial charge in [0.1, 0.15) is 23.8 Å². The molecule has 0 saturated carbocycles. The summed E-state index contributed by atoms with van der Waals surface area (Å²) in [7, 11) is 0. The second kappa shape index (κ2) is 18.4. The number of aliphatic hydroxyl groups excluding tert-OH is 1. The highest BCUT2D eigenvalue weighted by Gasteiger charge is 2.31. The number of nitrogens with two attached hydrogens (primary N) is 1. The number of amides is 5. The number of carbonyl (C=O) groups is 5. The third-order valence-corrected chi connectivity index (χ3v) is 6.87. The molecule has 13 heteroatoms.